The average Bonchev–Trinajstić information content (AvgIpc) is 2.41. The van der Waals surface area contributed by atoms with Crippen LogP contribution in [-0.2, 0) is 6.54 Å². The maximum atomic E-state index is 5.84. The molecule has 0 saturated carbocycles. The van der Waals surface area contributed by atoms with E-state index in [-0.39, 0.29) is 0 Å². The van der Waals surface area contributed by atoms with Gasteiger partial charge in [0.05, 0.1) is 0 Å². The summed E-state index contributed by atoms with van der Waals surface area (Å²) in [5, 5.41) is 3.29. The van der Waals surface area contributed by atoms with Gasteiger partial charge in [-0.15, -0.1) is 0 Å². The summed E-state index contributed by atoms with van der Waals surface area (Å²) in [5.74, 6) is 1.44. The van der Waals surface area contributed by atoms with Crippen molar-refractivity contribution in [2.75, 3.05) is 6.54 Å². The van der Waals surface area contributed by atoms with Crippen molar-refractivity contribution in [3.63, 3.8) is 0 Å². The quantitative estimate of drug-likeness (QED) is 0.902. The van der Waals surface area contributed by atoms with Gasteiger partial charge < -0.3 is 10.1 Å². The SMILES string of the molecule is CCNCc1ccnc(Oc2cc(Br)ccc2C)c1. The highest BCUT2D eigenvalue weighted by atomic mass is 79.9. The van der Waals surface area contributed by atoms with Gasteiger partial charge in [-0.25, -0.2) is 4.98 Å². The van der Waals surface area contributed by atoms with Crippen molar-refractivity contribution in [1.29, 1.82) is 0 Å². The molecule has 100 valence electrons. The molecule has 0 radical (unpaired) electrons. The van der Waals surface area contributed by atoms with Gasteiger partial charge in [-0.2, -0.15) is 0 Å². The molecule has 1 N–H and O–H groups in total. The highest BCUT2D eigenvalue weighted by Gasteiger charge is 2.04. The van der Waals surface area contributed by atoms with E-state index in [2.05, 4.69) is 33.2 Å². The molecule has 0 saturated heterocycles. The third kappa shape index (κ3) is 4.04. The number of halogens is 1. The summed E-state index contributed by atoms with van der Waals surface area (Å²) in [6, 6.07) is 9.92. The van der Waals surface area contributed by atoms with E-state index in [9.17, 15) is 0 Å². The fraction of sp³-hybridized carbons (Fsp3) is 0.267. The average molecular weight is 321 g/mol. The Balaban J connectivity index is 2.16. The summed E-state index contributed by atoms with van der Waals surface area (Å²) in [5.41, 5.74) is 2.25. The van der Waals surface area contributed by atoms with Crippen LogP contribution >= 0.6 is 15.9 Å². The van der Waals surface area contributed by atoms with Crippen LogP contribution in [0.25, 0.3) is 0 Å². The molecule has 1 heterocycles. The van der Waals surface area contributed by atoms with E-state index in [1.807, 2.05) is 37.3 Å². The van der Waals surface area contributed by atoms with Crippen LogP contribution in [0.3, 0.4) is 0 Å². The molecule has 0 aliphatic heterocycles. The van der Waals surface area contributed by atoms with E-state index < -0.39 is 0 Å². The lowest BCUT2D eigenvalue weighted by molar-refractivity contribution is 0.458. The van der Waals surface area contributed by atoms with Gasteiger partial charge in [0.2, 0.25) is 5.88 Å². The van der Waals surface area contributed by atoms with Crippen LogP contribution in [0, 0.1) is 6.92 Å². The van der Waals surface area contributed by atoms with Gasteiger partial charge in [-0.3, -0.25) is 0 Å². The molecular weight excluding hydrogens is 304 g/mol. The molecule has 0 atom stereocenters. The van der Waals surface area contributed by atoms with Gasteiger partial charge in [-0.1, -0.05) is 28.9 Å². The van der Waals surface area contributed by atoms with Crippen molar-refractivity contribution in [1.82, 2.24) is 10.3 Å². The summed E-state index contributed by atoms with van der Waals surface area (Å²) < 4.78 is 6.84. The minimum atomic E-state index is 0.622. The molecule has 19 heavy (non-hydrogen) atoms. The second kappa shape index (κ2) is 6.68. The Bertz CT molecular complexity index is 558. The van der Waals surface area contributed by atoms with Crippen LogP contribution in [0.1, 0.15) is 18.1 Å². The second-order valence-corrected chi connectivity index (χ2v) is 5.21. The summed E-state index contributed by atoms with van der Waals surface area (Å²) in [6.45, 7) is 5.88. The van der Waals surface area contributed by atoms with Crippen molar-refractivity contribution < 1.29 is 4.74 Å². The van der Waals surface area contributed by atoms with Crippen LogP contribution < -0.4 is 10.1 Å². The minimum Gasteiger partial charge on any atom is -0.439 e. The van der Waals surface area contributed by atoms with E-state index in [0.717, 1.165) is 28.9 Å². The van der Waals surface area contributed by atoms with Crippen LogP contribution in [0.4, 0.5) is 0 Å². The first-order valence-corrected chi connectivity index (χ1v) is 7.08. The molecule has 0 amide bonds. The third-order valence-corrected chi connectivity index (χ3v) is 3.24. The van der Waals surface area contributed by atoms with Crippen molar-refractivity contribution in [2.24, 2.45) is 0 Å². The molecule has 1 aromatic carbocycles. The zero-order valence-corrected chi connectivity index (χ0v) is 12.7. The van der Waals surface area contributed by atoms with E-state index in [0.29, 0.717) is 5.88 Å². The predicted molar refractivity (Wildman–Crippen MR) is 80.6 cm³/mol. The van der Waals surface area contributed by atoms with Gasteiger partial charge in [0.25, 0.3) is 0 Å². The number of ether oxygens (including phenoxy) is 1. The molecule has 0 aliphatic carbocycles. The normalized spacial score (nSPS) is 10.5. The fourth-order valence-electron chi connectivity index (χ4n) is 1.68. The summed E-state index contributed by atoms with van der Waals surface area (Å²) in [6.07, 6.45) is 1.77. The molecule has 3 nitrogen and oxygen atoms in total. The Morgan fingerprint density at radius 1 is 1.26 bits per heavy atom. The highest BCUT2D eigenvalue weighted by molar-refractivity contribution is 9.10. The molecule has 0 aliphatic rings. The molecule has 0 spiro atoms. The molecule has 0 fully saturated rings. The van der Waals surface area contributed by atoms with Crippen molar-refractivity contribution in [3.05, 3.63) is 52.1 Å². The van der Waals surface area contributed by atoms with Gasteiger partial charge in [0, 0.05) is 23.3 Å². The summed E-state index contributed by atoms with van der Waals surface area (Å²) >= 11 is 3.45. The minimum absolute atomic E-state index is 0.622. The zero-order chi connectivity index (χ0) is 13.7. The number of rotatable bonds is 5. The highest BCUT2D eigenvalue weighted by Crippen LogP contribution is 2.27. The summed E-state index contributed by atoms with van der Waals surface area (Å²) in [7, 11) is 0. The predicted octanol–water partition coefficient (Wildman–Crippen LogP) is 4.05. The Morgan fingerprint density at radius 3 is 2.89 bits per heavy atom. The standard InChI is InChI=1S/C15H17BrN2O/c1-3-17-10-12-6-7-18-15(8-12)19-14-9-13(16)5-4-11(14)2/h4-9,17H,3,10H2,1-2H3. The lowest BCUT2D eigenvalue weighted by Crippen LogP contribution is -2.11. The number of hydrogen-bond donors (Lipinski definition) is 1. The first kappa shape index (κ1) is 14.0. The van der Waals surface area contributed by atoms with Crippen molar-refractivity contribution >= 4 is 15.9 Å². The molecule has 2 rings (SSSR count). The zero-order valence-electron chi connectivity index (χ0n) is 11.1. The van der Waals surface area contributed by atoms with E-state index in [1.165, 1.54) is 5.56 Å². The van der Waals surface area contributed by atoms with Crippen LogP contribution in [0.15, 0.2) is 41.0 Å². The number of nitrogens with one attached hydrogen (secondary N) is 1. The molecule has 4 heteroatoms. The number of aromatic nitrogens is 1. The lowest BCUT2D eigenvalue weighted by Gasteiger charge is -2.09. The first-order valence-electron chi connectivity index (χ1n) is 6.28. The summed E-state index contributed by atoms with van der Waals surface area (Å²) in [4.78, 5) is 4.25. The fourth-order valence-corrected chi connectivity index (χ4v) is 2.02. The Labute approximate surface area is 122 Å². The number of benzene rings is 1. The monoisotopic (exact) mass is 320 g/mol. The largest absolute Gasteiger partial charge is 0.439 e. The van der Waals surface area contributed by atoms with Crippen LogP contribution in [0.2, 0.25) is 0 Å². The van der Waals surface area contributed by atoms with E-state index >= 15 is 0 Å². The molecule has 1 aromatic heterocycles. The molecule has 2 aromatic rings. The Morgan fingerprint density at radius 2 is 2.11 bits per heavy atom. The number of nitrogens with zero attached hydrogens (tertiary/aromatic N) is 1. The number of pyridine rings is 1. The van der Waals surface area contributed by atoms with Crippen LogP contribution in [0.5, 0.6) is 11.6 Å². The topological polar surface area (TPSA) is 34.2 Å². The first-order chi connectivity index (χ1) is 9.19. The van der Waals surface area contributed by atoms with E-state index in [4.69, 9.17) is 4.74 Å². The van der Waals surface area contributed by atoms with Crippen molar-refractivity contribution in [3.8, 4) is 11.6 Å². The number of aryl methyl sites for hydroxylation is 1. The lowest BCUT2D eigenvalue weighted by atomic mass is 10.2. The number of hydrogen-bond acceptors (Lipinski definition) is 3. The maximum absolute atomic E-state index is 5.84. The van der Waals surface area contributed by atoms with Crippen molar-refractivity contribution in [2.45, 2.75) is 20.4 Å². The van der Waals surface area contributed by atoms with Gasteiger partial charge in [0.15, 0.2) is 0 Å². The second-order valence-electron chi connectivity index (χ2n) is 4.29. The third-order valence-electron chi connectivity index (χ3n) is 2.74. The van der Waals surface area contributed by atoms with Crippen LogP contribution in [-0.4, -0.2) is 11.5 Å². The smallest absolute Gasteiger partial charge is 0.219 e. The Kier molecular flexibility index (Phi) is 4.93. The Hall–Kier alpha value is -1.39. The molecule has 0 bridgehead atoms. The molecule has 0 unspecified atom stereocenters. The van der Waals surface area contributed by atoms with Gasteiger partial charge >= 0.3 is 0 Å². The van der Waals surface area contributed by atoms with Gasteiger partial charge in [0.1, 0.15) is 5.75 Å². The maximum Gasteiger partial charge on any atom is 0.219 e. The van der Waals surface area contributed by atoms with Gasteiger partial charge in [-0.05, 0) is 42.8 Å². The van der Waals surface area contributed by atoms with E-state index in [1.54, 1.807) is 6.20 Å². The molecular formula is C15H17BrN2O.